The fourth-order valence-corrected chi connectivity index (χ4v) is 3.49. The van der Waals surface area contributed by atoms with E-state index in [0.717, 1.165) is 23.1 Å². The first-order chi connectivity index (χ1) is 10.1. The number of halogens is 2. The summed E-state index contributed by atoms with van der Waals surface area (Å²) in [5, 5.41) is 7.05. The maximum Gasteiger partial charge on any atom is 0.220 e. The van der Waals surface area contributed by atoms with Crippen molar-refractivity contribution in [1.29, 1.82) is 0 Å². The van der Waals surface area contributed by atoms with E-state index in [0.29, 0.717) is 29.8 Å². The largest absolute Gasteiger partial charge is 0.352 e. The summed E-state index contributed by atoms with van der Waals surface area (Å²) >= 11 is 9.53. The van der Waals surface area contributed by atoms with E-state index in [1.165, 1.54) is 12.8 Å². The minimum atomic E-state index is 0.104. The Bertz CT molecular complexity index is 489. The average Bonchev–Trinajstić information content (AvgIpc) is 2.47. The highest BCUT2D eigenvalue weighted by molar-refractivity contribution is 9.10. The summed E-state index contributed by atoms with van der Waals surface area (Å²) in [5.74, 6) is 1.13. The van der Waals surface area contributed by atoms with Gasteiger partial charge in [0.05, 0.1) is 0 Å². The van der Waals surface area contributed by atoms with Gasteiger partial charge in [-0.1, -0.05) is 40.5 Å². The van der Waals surface area contributed by atoms with Crippen LogP contribution in [0.5, 0.6) is 0 Å². The molecule has 0 radical (unpaired) electrons. The summed E-state index contributed by atoms with van der Waals surface area (Å²) in [6.45, 7) is 4.80. The fraction of sp³-hybridized carbons (Fsp3) is 0.562. The molecular formula is C16H22BrClN2O. The van der Waals surface area contributed by atoms with Gasteiger partial charge in [0.15, 0.2) is 0 Å². The number of benzene rings is 1. The number of piperidine rings is 1. The second-order valence-electron chi connectivity index (χ2n) is 5.80. The molecule has 2 N–H and O–H groups in total. The van der Waals surface area contributed by atoms with Crippen LogP contribution in [0.15, 0.2) is 22.7 Å². The van der Waals surface area contributed by atoms with Crippen LogP contribution in [0.4, 0.5) is 0 Å². The Hall–Kier alpha value is -0.580. The highest BCUT2D eigenvalue weighted by Gasteiger charge is 2.21. The first-order valence-corrected chi connectivity index (χ1v) is 8.64. The Labute approximate surface area is 140 Å². The molecule has 2 atom stereocenters. The third kappa shape index (κ3) is 5.28. The molecule has 1 aliphatic rings. The van der Waals surface area contributed by atoms with E-state index >= 15 is 0 Å². The summed E-state index contributed by atoms with van der Waals surface area (Å²) in [6, 6.07) is 5.71. The summed E-state index contributed by atoms with van der Waals surface area (Å²) in [5.41, 5.74) is 0.945. The lowest BCUT2D eigenvalue weighted by atomic mass is 9.85. The molecule has 21 heavy (non-hydrogen) atoms. The van der Waals surface area contributed by atoms with E-state index < -0.39 is 0 Å². The zero-order chi connectivity index (χ0) is 15.2. The predicted octanol–water partition coefficient (Wildman–Crippen LogP) is 3.74. The molecule has 1 fully saturated rings. The highest BCUT2D eigenvalue weighted by Crippen LogP contribution is 2.23. The summed E-state index contributed by atoms with van der Waals surface area (Å²) in [4.78, 5) is 12.1. The molecule has 5 heteroatoms. The van der Waals surface area contributed by atoms with E-state index in [9.17, 15) is 4.79 Å². The Morgan fingerprint density at radius 2 is 2.38 bits per heavy atom. The number of amides is 1. The van der Waals surface area contributed by atoms with Crippen LogP contribution in [0.2, 0.25) is 5.02 Å². The van der Waals surface area contributed by atoms with Crippen molar-refractivity contribution < 1.29 is 4.79 Å². The van der Waals surface area contributed by atoms with Crippen molar-refractivity contribution in [2.75, 3.05) is 13.1 Å². The topological polar surface area (TPSA) is 41.1 Å². The molecule has 0 saturated carbocycles. The molecule has 0 aromatic heterocycles. The van der Waals surface area contributed by atoms with Crippen molar-refractivity contribution in [3.05, 3.63) is 33.3 Å². The fourth-order valence-electron chi connectivity index (χ4n) is 2.75. The van der Waals surface area contributed by atoms with Crippen molar-refractivity contribution in [2.24, 2.45) is 11.8 Å². The van der Waals surface area contributed by atoms with E-state index in [1.54, 1.807) is 0 Å². The molecule has 1 heterocycles. The van der Waals surface area contributed by atoms with Crippen LogP contribution in [0.3, 0.4) is 0 Å². The third-order valence-corrected chi connectivity index (χ3v) is 4.98. The molecule has 116 valence electrons. The number of rotatable bonds is 5. The molecule has 2 rings (SSSR count). The van der Waals surface area contributed by atoms with Crippen LogP contribution in [0, 0.1) is 11.8 Å². The van der Waals surface area contributed by atoms with Gasteiger partial charge in [0.1, 0.15) is 0 Å². The SMILES string of the molecule is CC(CC(=O)NCc1ccc(Br)cc1Cl)C1CCCNC1. The summed E-state index contributed by atoms with van der Waals surface area (Å²) < 4.78 is 0.945. The molecule has 2 unspecified atom stereocenters. The van der Waals surface area contributed by atoms with E-state index in [1.807, 2.05) is 18.2 Å². The van der Waals surface area contributed by atoms with Crippen molar-refractivity contribution in [3.8, 4) is 0 Å². The first-order valence-electron chi connectivity index (χ1n) is 7.47. The quantitative estimate of drug-likeness (QED) is 0.825. The Morgan fingerprint density at radius 3 is 3.05 bits per heavy atom. The van der Waals surface area contributed by atoms with Gasteiger partial charge in [-0.25, -0.2) is 0 Å². The van der Waals surface area contributed by atoms with Gasteiger partial charge in [-0.15, -0.1) is 0 Å². The number of carbonyl (C=O) groups is 1. The lowest BCUT2D eigenvalue weighted by molar-refractivity contribution is -0.122. The van der Waals surface area contributed by atoms with Gasteiger partial charge in [0, 0.05) is 22.5 Å². The molecule has 0 bridgehead atoms. The Kier molecular flexibility index (Phi) is 6.52. The van der Waals surface area contributed by atoms with Crippen molar-refractivity contribution in [2.45, 2.75) is 32.7 Å². The smallest absolute Gasteiger partial charge is 0.220 e. The van der Waals surface area contributed by atoms with Gasteiger partial charge in [-0.2, -0.15) is 0 Å². The lowest BCUT2D eigenvalue weighted by Gasteiger charge is -2.28. The normalized spacial score (nSPS) is 20.0. The van der Waals surface area contributed by atoms with Gasteiger partial charge < -0.3 is 10.6 Å². The third-order valence-electron chi connectivity index (χ3n) is 4.14. The number of carbonyl (C=O) groups excluding carboxylic acids is 1. The van der Waals surface area contributed by atoms with E-state index in [-0.39, 0.29) is 5.91 Å². The van der Waals surface area contributed by atoms with Gasteiger partial charge in [-0.3, -0.25) is 4.79 Å². The van der Waals surface area contributed by atoms with Crippen LogP contribution in [-0.2, 0) is 11.3 Å². The molecular weight excluding hydrogens is 352 g/mol. The van der Waals surface area contributed by atoms with Gasteiger partial charge in [-0.05, 0) is 55.5 Å². The van der Waals surface area contributed by atoms with Crippen LogP contribution < -0.4 is 10.6 Å². The standard InChI is InChI=1S/C16H22BrClN2O/c1-11(12-3-2-6-19-9-12)7-16(21)20-10-13-4-5-14(17)8-15(13)18/h4-5,8,11-12,19H,2-3,6-7,9-10H2,1H3,(H,20,21). The van der Waals surface area contributed by atoms with Gasteiger partial charge >= 0.3 is 0 Å². The summed E-state index contributed by atoms with van der Waals surface area (Å²) in [7, 11) is 0. The molecule has 1 amide bonds. The molecule has 0 aliphatic carbocycles. The Balaban J connectivity index is 1.78. The lowest BCUT2D eigenvalue weighted by Crippen LogP contribution is -2.35. The van der Waals surface area contributed by atoms with Crippen LogP contribution in [0.25, 0.3) is 0 Å². The molecule has 0 spiro atoms. The molecule has 1 aromatic carbocycles. The van der Waals surface area contributed by atoms with Crippen molar-refractivity contribution in [3.63, 3.8) is 0 Å². The number of hydrogen-bond donors (Lipinski definition) is 2. The van der Waals surface area contributed by atoms with E-state index in [2.05, 4.69) is 33.5 Å². The maximum atomic E-state index is 12.1. The Morgan fingerprint density at radius 1 is 1.57 bits per heavy atom. The molecule has 1 aromatic rings. The average molecular weight is 374 g/mol. The zero-order valence-corrected chi connectivity index (χ0v) is 14.6. The maximum absolute atomic E-state index is 12.1. The number of nitrogens with one attached hydrogen (secondary N) is 2. The number of hydrogen-bond acceptors (Lipinski definition) is 2. The van der Waals surface area contributed by atoms with Gasteiger partial charge in [0.25, 0.3) is 0 Å². The van der Waals surface area contributed by atoms with Crippen LogP contribution in [-0.4, -0.2) is 19.0 Å². The van der Waals surface area contributed by atoms with Crippen LogP contribution >= 0.6 is 27.5 Å². The van der Waals surface area contributed by atoms with Crippen LogP contribution in [0.1, 0.15) is 31.7 Å². The minimum Gasteiger partial charge on any atom is -0.352 e. The first kappa shape index (κ1) is 16.8. The second-order valence-corrected chi connectivity index (χ2v) is 7.12. The minimum absolute atomic E-state index is 0.104. The molecule has 1 saturated heterocycles. The second kappa shape index (κ2) is 8.16. The van der Waals surface area contributed by atoms with E-state index in [4.69, 9.17) is 11.6 Å². The van der Waals surface area contributed by atoms with Gasteiger partial charge in [0.2, 0.25) is 5.91 Å². The zero-order valence-electron chi connectivity index (χ0n) is 12.3. The summed E-state index contributed by atoms with van der Waals surface area (Å²) in [6.07, 6.45) is 3.02. The highest BCUT2D eigenvalue weighted by atomic mass is 79.9. The van der Waals surface area contributed by atoms with Crippen molar-refractivity contribution >= 4 is 33.4 Å². The predicted molar refractivity (Wildman–Crippen MR) is 90.4 cm³/mol. The van der Waals surface area contributed by atoms with Crippen molar-refractivity contribution in [1.82, 2.24) is 10.6 Å². The molecule has 3 nitrogen and oxygen atoms in total. The molecule has 1 aliphatic heterocycles. The monoisotopic (exact) mass is 372 g/mol.